The first-order valence-electron chi connectivity index (χ1n) is 5.91. The molecule has 1 aromatic rings. The second-order valence-electron chi connectivity index (χ2n) is 4.10. The highest BCUT2D eigenvalue weighted by Gasteiger charge is 2.25. The molecule has 0 saturated carbocycles. The fraction of sp³-hybridized carbons (Fsp3) is 0.417. The number of hydrogen-bond acceptors (Lipinski definition) is 3. The van der Waals surface area contributed by atoms with Gasteiger partial charge in [-0.05, 0) is 18.9 Å². The molecule has 1 N–H and O–H groups in total. The Balaban J connectivity index is 3.06. The number of halogens is 3. The Labute approximate surface area is 122 Å². The smallest absolute Gasteiger partial charge is 0.308 e. The maximum Gasteiger partial charge on any atom is 0.308 e. The zero-order chi connectivity index (χ0) is 15.3. The standard InChI is InChI=1S/C12H13BrF2N2O3/c1-2-8(3-4-13)16-12(18)9-5-7(14)6-10(11(9)15)17(19)20/h5-6,8H,2-4H2,1H3,(H,16,18). The molecule has 0 bridgehead atoms. The van der Waals surface area contributed by atoms with Gasteiger partial charge in [0.1, 0.15) is 5.82 Å². The SMILES string of the molecule is CCC(CCBr)NC(=O)c1cc(F)cc([N+](=O)[O-])c1F. The van der Waals surface area contributed by atoms with E-state index in [1.807, 2.05) is 6.92 Å². The Kier molecular flexibility index (Phi) is 6.00. The maximum absolute atomic E-state index is 13.8. The van der Waals surface area contributed by atoms with Crippen molar-refractivity contribution >= 4 is 27.5 Å². The highest BCUT2D eigenvalue weighted by atomic mass is 79.9. The van der Waals surface area contributed by atoms with E-state index in [4.69, 9.17) is 0 Å². The van der Waals surface area contributed by atoms with Gasteiger partial charge in [-0.2, -0.15) is 4.39 Å². The third-order valence-corrected chi connectivity index (χ3v) is 3.20. The van der Waals surface area contributed by atoms with E-state index in [2.05, 4.69) is 21.2 Å². The lowest BCUT2D eigenvalue weighted by molar-refractivity contribution is -0.387. The minimum Gasteiger partial charge on any atom is -0.349 e. The van der Waals surface area contributed by atoms with Crippen LogP contribution < -0.4 is 5.32 Å². The van der Waals surface area contributed by atoms with Crippen molar-refractivity contribution in [1.82, 2.24) is 5.32 Å². The van der Waals surface area contributed by atoms with Crippen molar-refractivity contribution in [1.29, 1.82) is 0 Å². The number of alkyl halides is 1. The zero-order valence-corrected chi connectivity index (χ0v) is 12.2. The molecular formula is C12H13BrF2N2O3. The molecule has 0 aromatic heterocycles. The van der Waals surface area contributed by atoms with Crippen LogP contribution in [0.3, 0.4) is 0 Å². The Morgan fingerprint density at radius 2 is 2.15 bits per heavy atom. The number of amides is 1. The molecule has 110 valence electrons. The average molecular weight is 351 g/mol. The van der Waals surface area contributed by atoms with Gasteiger partial charge in [0, 0.05) is 11.4 Å². The van der Waals surface area contributed by atoms with Gasteiger partial charge in [0.2, 0.25) is 5.82 Å². The Morgan fingerprint density at radius 3 is 2.65 bits per heavy atom. The van der Waals surface area contributed by atoms with Crippen molar-refractivity contribution in [2.45, 2.75) is 25.8 Å². The van der Waals surface area contributed by atoms with Crippen molar-refractivity contribution in [2.75, 3.05) is 5.33 Å². The number of nitrogens with one attached hydrogen (secondary N) is 1. The summed E-state index contributed by atoms with van der Waals surface area (Å²) in [6, 6.07) is 0.879. The molecule has 0 heterocycles. The lowest BCUT2D eigenvalue weighted by Gasteiger charge is -2.15. The minimum absolute atomic E-state index is 0.219. The third-order valence-electron chi connectivity index (χ3n) is 2.75. The van der Waals surface area contributed by atoms with Crippen molar-refractivity contribution in [3.8, 4) is 0 Å². The van der Waals surface area contributed by atoms with E-state index in [-0.39, 0.29) is 6.04 Å². The molecule has 1 atom stereocenters. The molecule has 0 aliphatic rings. The van der Waals surface area contributed by atoms with Crippen LogP contribution in [0.15, 0.2) is 12.1 Å². The molecule has 5 nitrogen and oxygen atoms in total. The molecule has 1 unspecified atom stereocenters. The van der Waals surface area contributed by atoms with E-state index in [9.17, 15) is 23.7 Å². The molecule has 0 fully saturated rings. The number of nitro benzene ring substituents is 1. The molecule has 0 radical (unpaired) electrons. The van der Waals surface area contributed by atoms with E-state index >= 15 is 0 Å². The predicted molar refractivity (Wildman–Crippen MR) is 73.0 cm³/mol. The molecule has 1 rings (SSSR count). The minimum atomic E-state index is -1.33. The number of nitrogens with zero attached hydrogens (tertiary/aromatic N) is 1. The predicted octanol–water partition coefficient (Wildman–Crippen LogP) is 3.17. The van der Waals surface area contributed by atoms with E-state index in [0.29, 0.717) is 30.3 Å². The Bertz CT molecular complexity index is 526. The van der Waals surface area contributed by atoms with Crippen LogP contribution in [0.5, 0.6) is 0 Å². The maximum atomic E-state index is 13.8. The number of nitro groups is 1. The van der Waals surface area contributed by atoms with Gasteiger partial charge >= 0.3 is 5.69 Å². The molecule has 1 aromatic carbocycles. The summed E-state index contributed by atoms with van der Waals surface area (Å²) in [7, 11) is 0. The van der Waals surface area contributed by atoms with Crippen molar-refractivity contribution in [3.63, 3.8) is 0 Å². The topological polar surface area (TPSA) is 72.2 Å². The number of hydrogen-bond donors (Lipinski definition) is 1. The second kappa shape index (κ2) is 7.28. The molecule has 8 heteroatoms. The zero-order valence-electron chi connectivity index (χ0n) is 10.7. The first-order valence-corrected chi connectivity index (χ1v) is 7.03. The molecule has 0 aliphatic heterocycles. The van der Waals surface area contributed by atoms with E-state index in [1.165, 1.54) is 0 Å². The van der Waals surface area contributed by atoms with Gasteiger partial charge in [-0.25, -0.2) is 4.39 Å². The van der Waals surface area contributed by atoms with Crippen LogP contribution in [0.25, 0.3) is 0 Å². The summed E-state index contributed by atoms with van der Waals surface area (Å²) < 4.78 is 27.1. The van der Waals surface area contributed by atoms with E-state index < -0.39 is 33.7 Å². The van der Waals surface area contributed by atoms with Crippen molar-refractivity contribution < 1.29 is 18.5 Å². The van der Waals surface area contributed by atoms with E-state index in [1.54, 1.807) is 0 Å². The van der Waals surface area contributed by atoms with Gasteiger partial charge in [-0.15, -0.1) is 0 Å². The van der Waals surface area contributed by atoms with Crippen LogP contribution in [0.1, 0.15) is 30.1 Å². The van der Waals surface area contributed by atoms with Gasteiger partial charge in [-0.1, -0.05) is 22.9 Å². The van der Waals surface area contributed by atoms with Crippen molar-refractivity contribution in [3.05, 3.63) is 39.4 Å². The van der Waals surface area contributed by atoms with Gasteiger partial charge < -0.3 is 5.32 Å². The fourth-order valence-corrected chi connectivity index (χ4v) is 2.20. The van der Waals surface area contributed by atoms with E-state index in [0.717, 1.165) is 0 Å². The van der Waals surface area contributed by atoms with Crippen LogP contribution in [-0.4, -0.2) is 22.2 Å². The molecule has 20 heavy (non-hydrogen) atoms. The van der Waals surface area contributed by atoms with Crippen LogP contribution >= 0.6 is 15.9 Å². The Hall–Kier alpha value is -1.57. The number of benzene rings is 1. The summed E-state index contributed by atoms with van der Waals surface area (Å²) >= 11 is 3.22. The van der Waals surface area contributed by atoms with Crippen LogP contribution in [0, 0.1) is 21.7 Å². The average Bonchev–Trinajstić information content (AvgIpc) is 2.39. The summed E-state index contributed by atoms with van der Waals surface area (Å²) in [5, 5.41) is 13.7. The van der Waals surface area contributed by atoms with Gasteiger partial charge in [-0.3, -0.25) is 14.9 Å². The van der Waals surface area contributed by atoms with Crippen molar-refractivity contribution in [2.24, 2.45) is 0 Å². The summed E-state index contributed by atoms with van der Waals surface area (Å²) in [5.74, 6) is -3.22. The molecule has 0 spiro atoms. The quantitative estimate of drug-likeness (QED) is 0.486. The van der Waals surface area contributed by atoms with Crippen LogP contribution in [-0.2, 0) is 0 Å². The van der Waals surface area contributed by atoms with Gasteiger partial charge in [0.05, 0.1) is 16.6 Å². The Morgan fingerprint density at radius 1 is 1.50 bits per heavy atom. The first kappa shape index (κ1) is 16.5. The summed E-state index contributed by atoms with van der Waals surface area (Å²) in [4.78, 5) is 21.4. The number of rotatable bonds is 6. The third kappa shape index (κ3) is 3.96. The fourth-order valence-electron chi connectivity index (χ4n) is 1.65. The first-order chi connectivity index (χ1) is 9.40. The molecule has 0 aliphatic carbocycles. The molecule has 0 saturated heterocycles. The lowest BCUT2D eigenvalue weighted by atomic mass is 10.1. The summed E-state index contributed by atoms with van der Waals surface area (Å²) in [5.41, 5.74) is -1.71. The monoisotopic (exact) mass is 350 g/mol. The highest BCUT2D eigenvalue weighted by Crippen LogP contribution is 2.22. The lowest BCUT2D eigenvalue weighted by Crippen LogP contribution is -2.35. The van der Waals surface area contributed by atoms with Crippen LogP contribution in [0.2, 0.25) is 0 Å². The van der Waals surface area contributed by atoms with Crippen LogP contribution in [0.4, 0.5) is 14.5 Å². The highest BCUT2D eigenvalue weighted by molar-refractivity contribution is 9.09. The molecular weight excluding hydrogens is 338 g/mol. The number of carbonyl (C=O) groups excluding carboxylic acids is 1. The summed E-state index contributed by atoms with van der Waals surface area (Å²) in [6.07, 6.45) is 1.22. The second-order valence-corrected chi connectivity index (χ2v) is 4.89. The largest absolute Gasteiger partial charge is 0.349 e. The summed E-state index contributed by atoms with van der Waals surface area (Å²) in [6.45, 7) is 1.83. The number of carbonyl (C=O) groups is 1. The molecule has 1 amide bonds. The normalized spacial score (nSPS) is 12.0. The van der Waals surface area contributed by atoms with Gasteiger partial charge in [0.25, 0.3) is 5.91 Å². The van der Waals surface area contributed by atoms with Gasteiger partial charge in [0.15, 0.2) is 0 Å².